The van der Waals surface area contributed by atoms with E-state index in [0.29, 0.717) is 0 Å². The Morgan fingerprint density at radius 1 is 1.30 bits per heavy atom. The van der Waals surface area contributed by atoms with Crippen LogP contribution in [-0.4, -0.2) is 25.1 Å². The Morgan fingerprint density at radius 2 is 2.00 bits per heavy atom. The minimum absolute atomic E-state index is 0.863. The highest BCUT2D eigenvalue weighted by Crippen LogP contribution is 2.07. The van der Waals surface area contributed by atoms with Crippen molar-refractivity contribution in [3.63, 3.8) is 0 Å². The quantitative estimate of drug-likeness (QED) is 0.598. The normalized spacial score (nSPS) is 10.8. The van der Waals surface area contributed by atoms with Gasteiger partial charge in [0.1, 0.15) is 0 Å². The van der Waals surface area contributed by atoms with Crippen LogP contribution in [0.2, 0.25) is 0 Å². The number of rotatable bonds is 6. The second-order valence-electron chi connectivity index (χ2n) is 2.90. The van der Waals surface area contributed by atoms with Gasteiger partial charge in [-0.3, -0.25) is 0 Å². The molecule has 0 aliphatic rings. The Labute approximate surface area is 69.0 Å². The van der Waals surface area contributed by atoms with E-state index in [1.807, 2.05) is 18.8 Å². The Bertz CT molecular complexity index is 64.3. The SMILES string of the molecule is CNCCSCCC(C)C. The molecule has 0 heterocycles. The van der Waals surface area contributed by atoms with Gasteiger partial charge < -0.3 is 5.32 Å². The standard InChI is InChI=1S/C8H19NS/c1-8(2)4-6-10-7-5-9-3/h8-9H,4-7H2,1-3H3. The van der Waals surface area contributed by atoms with Gasteiger partial charge in [0.25, 0.3) is 0 Å². The van der Waals surface area contributed by atoms with E-state index in [-0.39, 0.29) is 0 Å². The smallest absolute Gasteiger partial charge is 0.00579 e. The first kappa shape index (κ1) is 10.3. The Hall–Kier alpha value is 0.310. The molecule has 10 heavy (non-hydrogen) atoms. The van der Waals surface area contributed by atoms with Crippen molar-refractivity contribution in [3.05, 3.63) is 0 Å². The number of nitrogens with one attached hydrogen (secondary N) is 1. The van der Waals surface area contributed by atoms with Crippen LogP contribution in [0, 0.1) is 5.92 Å². The van der Waals surface area contributed by atoms with Gasteiger partial charge >= 0.3 is 0 Å². The lowest BCUT2D eigenvalue weighted by molar-refractivity contribution is 0.632. The molecule has 0 bridgehead atoms. The molecule has 0 aliphatic carbocycles. The lowest BCUT2D eigenvalue weighted by atomic mass is 10.2. The number of hydrogen-bond acceptors (Lipinski definition) is 2. The molecule has 0 radical (unpaired) electrons. The number of hydrogen-bond donors (Lipinski definition) is 1. The van der Waals surface area contributed by atoms with Gasteiger partial charge in [0, 0.05) is 12.3 Å². The topological polar surface area (TPSA) is 12.0 Å². The molecule has 0 fully saturated rings. The summed E-state index contributed by atoms with van der Waals surface area (Å²) >= 11 is 2.04. The van der Waals surface area contributed by atoms with Crippen molar-refractivity contribution in [3.8, 4) is 0 Å². The highest BCUT2D eigenvalue weighted by molar-refractivity contribution is 7.99. The van der Waals surface area contributed by atoms with Crippen LogP contribution >= 0.6 is 11.8 Å². The molecular formula is C8H19NS. The molecule has 2 heteroatoms. The van der Waals surface area contributed by atoms with Crippen molar-refractivity contribution in [2.75, 3.05) is 25.1 Å². The monoisotopic (exact) mass is 161 g/mol. The first-order valence-corrected chi connectivity index (χ1v) is 5.15. The van der Waals surface area contributed by atoms with E-state index >= 15 is 0 Å². The van der Waals surface area contributed by atoms with E-state index in [2.05, 4.69) is 19.2 Å². The predicted octanol–water partition coefficient (Wildman–Crippen LogP) is 1.99. The fourth-order valence-corrected chi connectivity index (χ4v) is 1.79. The Morgan fingerprint density at radius 3 is 2.50 bits per heavy atom. The summed E-state index contributed by atoms with van der Waals surface area (Å²) in [6.45, 7) is 5.69. The average Bonchev–Trinajstić information content (AvgIpc) is 1.87. The molecule has 0 aromatic heterocycles. The van der Waals surface area contributed by atoms with Crippen LogP contribution < -0.4 is 5.32 Å². The van der Waals surface area contributed by atoms with Crippen molar-refractivity contribution in [2.45, 2.75) is 20.3 Å². The van der Waals surface area contributed by atoms with Crippen molar-refractivity contribution in [1.82, 2.24) is 5.32 Å². The highest BCUT2D eigenvalue weighted by atomic mass is 32.2. The summed E-state index contributed by atoms with van der Waals surface area (Å²) in [6, 6.07) is 0. The van der Waals surface area contributed by atoms with E-state index in [4.69, 9.17) is 0 Å². The van der Waals surface area contributed by atoms with Gasteiger partial charge in [-0.05, 0) is 25.1 Å². The van der Waals surface area contributed by atoms with Crippen molar-refractivity contribution in [1.29, 1.82) is 0 Å². The molecule has 0 unspecified atom stereocenters. The summed E-state index contributed by atoms with van der Waals surface area (Å²) in [5.74, 6) is 3.44. The minimum Gasteiger partial charge on any atom is -0.319 e. The molecular weight excluding hydrogens is 142 g/mol. The zero-order valence-electron chi connectivity index (χ0n) is 7.31. The van der Waals surface area contributed by atoms with E-state index in [9.17, 15) is 0 Å². The molecule has 62 valence electrons. The molecule has 0 amide bonds. The van der Waals surface area contributed by atoms with Crippen LogP contribution in [0.25, 0.3) is 0 Å². The van der Waals surface area contributed by atoms with Crippen LogP contribution in [0.15, 0.2) is 0 Å². The molecule has 0 aliphatic heterocycles. The molecule has 0 aromatic rings. The molecule has 1 nitrogen and oxygen atoms in total. The maximum atomic E-state index is 3.13. The summed E-state index contributed by atoms with van der Waals surface area (Å²) in [4.78, 5) is 0. The maximum Gasteiger partial charge on any atom is 0.00579 e. The van der Waals surface area contributed by atoms with Crippen LogP contribution in [0.4, 0.5) is 0 Å². The molecule has 0 aromatic carbocycles. The lowest BCUT2D eigenvalue weighted by Gasteiger charge is -2.03. The van der Waals surface area contributed by atoms with Crippen molar-refractivity contribution < 1.29 is 0 Å². The van der Waals surface area contributed by atoms with Gasteiger partial charge in [0.15, 0.2) is 0 Å². The molecule has 0 saturated heterocycles. The largest absolute Gasteiger partial charge is 0.319 e. The number of thioether (sulfide) groups is 1. The third kappa shape index (κ3) is 8.31. The van der Waals surface area contributed by atoms with Crippen molar-refractivity contribution in [2.24, 2.45) is 5.92 Å². The third-order valence-electron chi connectivity index (χ3n) is 1.34. The molecule has 1 N–H and O–H groups in total. The zero-order chi connectivity index (χ0) is 7.82. The third-order valence-corrected chi connectivity index (χ3v) is 2.35. The minimum atomic E-state index is 0.863. The van der Waals surface area contributed by atoms with Crippen LogP contribution in [0.1, 0.15) is 20.3 Å². The molecule has 0 atom stereocenters. The average molecular weight is 161 g/mol. The van der Waals surface area contributed by atoms with Gasteiger partial charge in [0.05, 0.1) is 0 Å². The van der Waals surface area contributed by atoms with E-state index < -0.39 is 0 Å². The summed E-state index contributed by atoms with van der Waals surface area (Å²) < 4.78 is 0. The first-order chi connectivity index (χ1) is 4.77. The van der Waals surface area contributed by atoms with E-state index in [1.165, 1.54) is 17.9 Å². The van der Waals surface area contributed by atoms with Gasteiger partial charge in [0.2, 0.25) is 0 Å². The molecule has 0 spiro atoms. The van der Waals surface area contributed by atoms with Crippen LogP contribution in [0.5, 0.6) is 0 Å². The van der Waals surface area contributed by atoms with Crippen molar-refractivity contribution >= 4 is 11.8 Å². The van der Waals surface area contributed by atoms with Gasteiger partial charge in [-0.25, -0.2) is 0 Å². The lowest BCUT2D eigenvalue weighted by Crippen LogP contribution is -2.10. The second-order valence-corrected chi connectivity index (χ2v) is 4.12. The van der Waals surface area contributed by atoms with Gasteiger partial charge in [-0.15, -0.1) is 0 Å². The molecule has 0 saturated carbocycles. The van der Waals surface area contributed by atoms with E-state index in [1.54, 1.807) is 0 Å². The van der Waals surface area contributed by atoms with E-state index in [0.717, 1.165) is 12.5 Å². The first-order valence-electron chi connectivity index (χ1n) is 3.99. The van der Waals surface area contributed by atoms with Gasteiger partial charge in [-0.1, -0.05) is 13.8 Å². The highest BCUT2D eigenvalue weighted by Gasteiger charge is 1.92. The summed E-state index contributed by atoms with van der Waals surface area (Å²) in [5, 5.41) is 3.13. The fraction of sp³-hybridized carbons (Fsp3) is 1.00. The Balaban J connectivity index is 2.77. The summed E-state index contributed by atoms with van der Waals surface area (Å²) in [6.07, 6.45) is 1.36. The maximum absolute atomic E-state index is 3.13. The second kappa shape index (κ2) is 7.42. The molecule has 0 rings (SSSR count). The zero-order valence-corrected chi connectivity index (χ0v) is 8.13. The summed E-state index contributed by atoms with van der Waals surface area (Å²) in [7, 11) is 2.00. The van der Waals surface area contributed by atoms with Gasteiger partial charge in [-0.2, -0.15) is 11.8 Å². The van der Waals surface area contributed by atoms with Crippen LogP contribution in [0.3, 0.4) is 0 Å². The van der Waals surface area contributed by atoms with Crippen LogP contribution in [-0.2, 0) is 0 Å². The fourth-order valence-electron chi connectivity index (χ4n) is 0.595. The predicted molar refractivity (Wildman–Crippen MR) is 50.7 cm³/mol. The summed E-state index contributed by atoms with van der Waals surface area (Å²) in [5.41, 5.74) is 0. The Kier molecular flexibility index (Phi) is 7.65.